The van der Waals surface area contributed by atoms with Crippen LogP contribution in [0, 0.1) is 6.92 Å². The largest absolute Gasteiger partial charge is 0.478 e. The van der Waals surface area contributed by atoms with Gasteiger partial charge in [-0.05, 0) is 12.5 Å². The molecule has 0 aliphatic rings. The van der Waals surface area contributed by atoms with Crippen LogP contribution in [0.3, 0.4) is 0 Å². The van der Waals surface area contributed by atoms with Gasteiger partial charge < -0.3 is 9.67 Å². The molecule has 0 bridgehead atoms. The predicted octanol–water partition coefficient (Wildman–Crippen LogP) is 2.33. The molecule has 0 atom stereocenters. The molecule has 0 unspecified atom stereocenters. The third kappa shape index (κ3) is 1.67. The van der Waals surface area contributed by atoms with Crippen LogP contribution in [0.25, 0.3) is 0 Å². The molecule has 0 spiro atoms. The third-order valence-electron chi connectivity index (χ3n) is 2.30. The van der Waals surface area contributed by atoms with Gasteiger partial charge in [-0.2, -0.15) is 0 Å². The number of carbonyl (C=O) groups is 1. The first-order valence-corrected chi connectivity index (χ1v) is 4.65. The van der Waals surface area contributed by atoms with Crippen LogP contribution in [-0.4, -0.2) is 15.6 Å². The standard InChI is InChI=1S/C11H17NO2/c1-7-6-12(5)9(11(2,3)4)8(7)10(13)14/h6H,1-5H3,(H,13,14). The number of hydrogen-bond acceptors (Lipinski definition) is 1. The lowest BCUT2D eigenvalue weighted by Gasteiger charge is -2.21. The second-order valence-electron chi connectivity index (χ2n) is 4.70. The highest BCUT2D eigenvalue weighted by molar-refractivity contribution is 5.91. The maximum atomic E-state index is 11.1. The van der Waals surface area contributed by atoms with Gasteiger partial charge in [-0.1, -0.05) is 20.8 Å². The Morgan fingerprint density at radius 1 is 1.43 bits per heavy atom. The Morgan fingerprint density at radius 3 is 2.21 bits per heavy atom. The molecule has 1 N–H and O–H groups in total. The van der Waals surface area contributed by atoms with Gasteiger partial charge in [0.15, 0.2) is 0 Å². The highest BCUT2D eigenvalue weighted by Crippen LogP contribution is 2.28. The molecule has 0 radical (unpaired) electrons. The van der Waals surface area contributed by atoms with Crippen LogP contribution in [0.4, 0.5) is 0 Å². The molecule has 1 aromatic rings. The quantitative estimate of drug-likeness (QED) is 0.747. The first-order valence-electron chi connectivity index (χ1n) is 4.65. The van der Waals surface area contributed by atoms with Crippen molar-refractivity contribution < 1.29 is 9.90 Å². The summed E-state index contributed by atoms with van der Waals surface area (Å²) >= 11 is 0. The second kappa shape index (κ2) is 3.15. The van der Waals surface area contributed by atoms with Crippen molar-refractivity contribution in [1.29, 1.82) is 0 Å². The van der Waals surface area contributed by atoms with E-state index in [1.165, 1.54) is 0 Å². The maximum Gasteiger partial charge on any atom is 0.337 e. The summed E-state index contributed by atoms with van der Waals surface area (Å²) in [6.45, 7) is 7.90. The van der Waals surface area contributed by atoms with E-state index in [1.54, 1.807) is 0 Å². The van der Waals surface area contributed by atoms with E-state index in [0.29, 0.717) is 5.56 Å². The van der Waals surface area contributed by atoms with Crippen LogP contribution in [0.2, 0.25) is 0 Å². The molecule has 0 saturated carbocycles. The van der Waals surface area contributed by atoms with E-state index in [2.05, 4.69) is 0 Å². The number of nitrogens with zero attached hydrogens (tertiary/aromatic N) is 1. The zero-order chi connectivity index (χ0) is 11.1. The smallest absolute Gasteiger partial charge is 0.337 e. The summed E-state index contributed by atoms with van der Waals surface area (Å²) < 4.78 is 1.90. The molecule has 0 aliphatic heterocycles. The van der Waals surface area contributed by atoms with Crippen molar-refractivity contribution in [3.05, 3.63) is 23.0 Å². The molecular weight excluding hydrogens is 178 g/mol. The van der Waals surface area contributed by atoms with Gasteiger partial charge in [-0.25, -0.2) is 4.79 Å². The molecule has 78 valence electrons. The lowest BCUT2D eigenvalue weighted by molar-refractivity contribution is 0.0693. The monoisotopic (exact) mass is 195 g/mol. The fraction of sp³-hybridized carbons (Fsp3) is 0.545. The lowest BCUT2D eigenvalue weighted by Crippen LogP contribution is -2.19. The highest BCUT2D eigenvalue weighted by Gasteiger charge is 2.26. The third-order valence-corrected chi connectivity index (χ3v) is 2.30. The summed E-state index contributed by atoms with van der Waals surface area (Å²) in [6.07, 6.45) is 1.87. The zero-order valence-electron chi connectivity index (χ0n) is 9.38. The molecule has 1 heterocycles. The van der Waals surface area contributed by atoms with E-state index in [1.807, 2.05) is 45.5 Å². The Kier molecular flexibility index (Phi) is 2.44. The number of rotatable bonds is 1. The molecule has 0 aromatic carbocycles. The minimum atomic E-state index is -0.840. The van der Waals surface area contributed by atoms with Gasteiger partial charge in [0, 0.05) is 24.4 Å². The fourth-order valence-corrected chi connectivity index (χ4v) is 1.96. The Morgan fingerprint density at radius 2 is 1.93 bits per heavy atom. The first-order chi connectivity index (χ1) is 6.25. The van der Waals surface area contributed by atoms with E-state index in [4.69, 9.17) is 5.11 Å². The minimum Gasteiger partial charge on any atom is -0.478 e. The molecule has 1 aromatic heterocycles. The van der Waals surface area contributed by atoms with Crippen LogP contribution in [-0.2, 0) is 12.5 Å². The van der Waals surface area contributed by atoms with Crippen LogP contribution >= 0.6 is 0 Å². The molecule has 14 heavy (non-hydrogen) atoms. The van der Waals surface area contributed by atoms with Gasteiger partial charge in [0.1, 0.15) is 0 Å². The van der Waals surface area contributed by atoms with Crippen molar-refractivity contribution in [1.82, 2.24) is 4.57 Å². The number of aromatic nitrogens is 1. The summed E-state index contributed by atoms with van der Waals surface area (Å²) in [4.78, 5) is 11.1. The SMILES string of the molecule is Cc1cn(C)c(C(C)(C)C)c1C(=O)O. The van der Waals surface area contributed by atoms with Gasteiger partial charge in [0.2, 0.25) is 0 Å². The first kappa shape index (κ1) is 10.8. The van der Waals surface area contributed by atoms with E-state index in [9.17, 15) is 4.79 Å². The second-order valence-corrected chi connectivity index (χ2v) is 4.70. The summed E-state index contributed by atoms with van der Waals surface area (Å²) in [5.41, 5.74) is 2.00. The number of aromatic carboxylic acids is 1. The van der Waals surface area contributed by atoms with E-state index in [-0.39, 0.29) is 5.41 Å². The predicted molar refractivity (Wildman–Crippen MR) is 55.8 cm³/mol. The zero-order valence-corrected chi connectivity index (χ0v) is 9.38. The Hall–Kier alpha value is -1.25. The van der Waals surface area contributed by atoms with Gasteiger partial charge in [-0.15, -0.1) is 0 Å². The molecule has 0 saturated heterocycles. The van der Waals surface area contributed by atoms with E-state index in [0.717, 1.165) is 11.3 Å². The molecule has 1 rings (SSSR count). The molecule has 3 heteroatoms. The van der Waals surface area contributed by atoms with Gasteiger partial charge in [-0.3, -0.25) is 0 Å². The number of carboxylic acid groups (broad SMARTS) is 1. The van der Waals surface area contributed by atoms with Crippen LogP contribution in [0.15, 0.2) is 6.20 Å². The fourth-order valence-electron chi connectivity index (χ4n) is 1.96. The van der Waals surface area contributed by atoms with Crippen LogP contribution in [0.5, 0.6) is 0 Å². The maximum absolute atomic E-state index is 11.1. The van der Waals surface area contributed by atoms with Gasteiger partial charge >= 0.3 is 5.97 Å². The van der Waals surface area contributed by atoms with Gasteiger partial charge in [0.25, 0.3) is 0 Å². The van der Waals surface area contributed by atoms with Crippen molar-refractivity contribution in [2.45, 2.75) is 33.1 Å². The average molecular weight is 195 g/mol. The lowest BCUT2D eigenvalue weighted by atomic mass is 9.88. The average Bonchev–Trinajstić information content (AvgIpc) is 2.23. The van der Waals surface area contributed by atoms with Crippen molar-refractivity contribution in [3.63, 3.8) is 0 Å². The van der Waals surface area contributed by atoms with Crippen molar-refractivity contribution in [2.75, 3.05) is 0 Å². The van der Waals surface area contributed by atoms with Crippen molar-refractivity contribution in [2.24, 2.45) is 7.05 Å². The number of carboxylic acids is 1. The minimum absolute atomic E-state index is 0.142. The molecular formula is C11H17NO2. The van der Waals surface area contributed by atoms with Crippen molar-refractivity contribution in [3.8, 4) is 0 Å². The summed E-state index contributed by atoms with van der Waals surface area (Å²) in [5, 5.41) is 9.11. The van der Waals surface area contributed by atoms with Crippen LogP contribution in [0.1, 0.15) is 42.4 Å². The summed E-state index contributed by atoms with van der Waals surface area (Å²) in [6, 6.07) is 0. The number of aryl methyl sites for hydroxylation is 2. The Bertz CT molecular complexity index is 369. The number of hydrogen-bond donors (Lipinski definition) is 1. The van der Waals surface area contributed by atoms with Gasteiger partial charge in [0.05, 0.1) is 5.56 Å². The van der Waals surface area contributed by atoms with Crippen LogP contribution < -0.4 is 0 Å². The molecule has 0 amide bonds. The molecule has 3 nitrogen and oxygen atoms in total. The van der Waals surface area contributed by atoms with E-state index < -0.39 is 5.97 Å². The molecule has 0 fully saturated rings. The Balaban J connectivity index is 3.48. The normalized spacial score (nSPS) is 11.8. The van der Waals surface area contributed by atoms with E-state index >= 15 is 0 Å². The summed E-state index contributed by atoms with van der Waals surface area (Å²) in [7, 11) is 1.89. The Labute approximate surface area is 84.4 Å². The topological polar surface area (TPSA) is 42.2 Å². The summed E-state index contributed by atoms with van der Waals surface area (Å²) in [5.74, 6) is -0.840. The molecule has 0 aliphatic carbocycles. The van der Waals surface area contributed by atoms with Crippen molar-refractivity contribution >= 4 is 5.97 Å². The highest BCUT2D eigenvalue weighted by atomic mass is 16.4.